The highest BCUT2D eigenvalue weighted by Gasteiger charge is 2.03. The van der Waals surface area contributed by atoms with Crippen LogP contribution in [0.25, 0.3) is 0 Å². The van der Waals surface area contributed by atoms with Crippen molar-refractivity contribution < 1.29 is 9.90 Å². The van der Waals surface area contributed by atoms with Gasteiger partial charge < -0.3 is 16.2 Å². The lowest BCUT2D eigenvalue weighted by Gasteiger charge is -2.07. The highest BCUT2D eigenvalue weighted by Crippen LogP contribution is 1.92. The van der Waals surface area contributed by atoms with Gasteiger partial charge in [-0.1, -0.05) is 0 Å². The highest BCUT2D eigenvalue weighted by molar-refractivity contribution is 5.66. The summed E-state index contributed by atoms with van der Waals surface area (Å²) in [5.74, 6) is -0.786. The van der Waals surface area contributed by atoms with Gasteiger partial charge in [0.1, 0.15) is 0 Å². The summed E-state index contributed by atoms with van der Waals surface area (Å²) in [6.07, 6.45) is 0.693. The van der Waals surface area contributed by atoms with E-state index in [4.69, 9.17) is 10.8 Å². The predicted molar refractivity (Wildman–Crippen MR) is 38.8 cm³/mol. The monoisotopic (exact) mass is 146 g/mol. The summed E-state index contributed by atoms with van der Waals surface area (Å²) in [5.41, 5.74) is 5.51. The highest BCUT2D eigenvalue weighted by atomic mass is 16.4. The largest absolute Gasteiger partial charge is 0.481 e. The van der Waals surface area contributed by atoms with Crippen LogP contribution in [-0.4, -0.2) is 30.7 Å². The van der Waals surface area contributed by atoms with E-state index in [-0.39, 0.29) is 12.5 Å². The average molecular weight is 146 g/mol. The number of rotatable bonds is 5. The van der Waals surface area contributed by atoms with Crippen LogP contribution in [0.3, 0.4) is 0 Å². The van der Waals surface area contributed by atoms with Crippen LogP contribution in [0.4, 0.5) is 0 Å². The van der Waals surface area contributed by atoms with Gasteiger partial charge in [0.25, 0.3) is 0 Å². The summed E-state index contributed by atoms with van der Waals surface area (Å²) < 4.78 is 0. The van der Waals surface area contributed by atoms with Gasteiger partial charge in [0.2, 0.25) is 0 Å². The third-order valence-corrected chi connectivity index (χ3v) is 1.20. The molecule has 0 bridgehead atoms. The van der Waals surface area contributed by atoms with Crippen LogP contribution >= 0.6 is 0 Å². The van der Waals surface area contributed by atoms with E-state index >= 15 is 0 Å². The van der Waals surface area contributed by atoms with Crippen LogP contribution in [-0.2, 0) is 4.79 Å². The molecule has 0 spiro atoms. The number of nitrogens with one attached hydrogen (secondary N) is 1. The van der Waals surface area contributed by atoms with E-state index in [1.165, 1.54) is 0 Å². The first-order chi connectivity index (χ1) is 4.66. The van der Waals surface area contributed by atoms with E-state index in [1.54, 1.807) is 7.05 Å². The number of carboxylic acid groups (broad SMARTS) is 1. The van der Waals surface area contributed by atoms with Crippen molar-refractivity contribution in [3.63, 3.8) is 0 Å². The Bertz CT molecular complexity index is 106. The Hall–Kier alpha value is -0.610. The average Bonchev–Trinajstić information content (AvgIpc) is 1.85. The number of carbonyl (C=O) groups is 1. The van der Waals surface area contributed by atoms with Gasteiger partial charge in [-0.3, -0.25) is 4.79 Å². The topological polar surface area (TPSA) is 75.3 Å². The second kappa shape index (κ2) is 5.20. The molecule has 0 aliphatic carbocycles. The van der Waals surface area contributed by atoms with Crippen LogP contribution < -0.4 is 11.1 Å². The van der Waals surface area contributed by atoms with E-state index in [0.29, 0.717) is 13.0 Å². The fourth-order valence-corrected chi connectivity index (χ4v) is 0.673. The van der Waals surface area contributed by atoms with Gasteiger partial charge in [0.05, 0.1) is 0 Å². The van der Waals surface area contributed by atoms with E-state index in [0.717, 1.165) is 0 Å². The van der Waals surface area contributed by atoms with Crippen molar-refractivity contribution in [2.45, 2.75) is 18.9 Å². The lowest BCUT2D eigenvalue weighted by Crippen LogP contribution is -2.32. The molecule has 0 saturated carbocycles. The molecule has 0 aromatic rings. The molecule has 0 aromatic carbocycles. The van der Waals surface area contributed by atoms with E-state index in [9.17, 15) is 4.79 Å². The number of hydrogen-bond donors (Lipinski definition) is 3. The van der Waals surface area contributed by atoms with Crippen LogP contribution in [0.5, 0.6) is 0 Å². The van der Waals surface area contributed by atoms with Crippen molar-refractivity contribution in [2.75, 3.05) is 13.6 Å². The van der Waals surface area contributed by atoms with Crippen molar-refractivity contribution in [3.05, 3.63) is 0 Å². The molecule has 4 nitrogen and oxygen atoms in total. The molecule has 0 rings (SSSR count). The summed E-state index contributed by atoms with van der Waals surface area (Å²) in [4.78, 5) is 10.0. The number of aliphatic carboxylic acids is 1. The molecule has 4 N–H and O–H groups in total. The third-order valence-electron chi connectivity index (χ3n) is 1.20. The van der Waals surface area contributed by atoms with Crippen LogP contribution in [0.1, 0.15) is 12.8 Å². The van der Waals surface area contributed by atoms with Gasteiger partial charge >= 0.3 is 5.97 Å². The molecule has 0 aromatic heterocycles. The minimum atomic E-state index is -0.786. The van der Waals surface area contributed by atoms with E-state index in [1.807, 2.05) is 0 Å². The molecule has 10 heavy (non-hydrogen) atoms. The van der Waals surface area contributed by atoms with Crippen molar-refractivity contribution in [2.24, 2.45) is 5.73 Å². The number of carboxylic acids is 1. The maximum Gasteiger partial charge on any atom is 0.303 e. The minimum Gasteiger partial charge on any atom is -0.481 e. The second-order valence-electron chi connectivity index (χ2n) is 2.25. The van der Waals surface area contributed by atoms with Crippen LogP contribution in [0.15, 0.2) is 0 Å². The van der Waals surface area contributed by atoms with Gasteiger partial charge in [-0.2, -0.15) is 0 Å². The van der Waals surface area contributed by atoms with Crippen molar-refractivity contribution in [1.82, 2.24) is 5.32 Å². The molecular weight excluding hydrogens is 132 g/mol. The summed E-state index contributed by atoms with van der Waals surface area (Å²) in [5, 5.41) is 11.1. The van der Waals surface area contributed by atoms with Crippen molar-refractivity contribution in [3.8, 4) is 0 Å². The molecule has 0 heterocycles. The Morgan fingerprint density at radius 3 is 2.80 bits per heavy atom. The fourth-order valence-electron chi connectivity index (χ4n) is 0.673. The number of likely N-dealkylation sites (N-methyl/N-ethyl adjacent to an activating group) is 1. The minimum absolute atomic E-state index is 0.0406. The summed E-state index contributed by atoms with van der Waals surface area (Å²) in [6.45, 7) is 0.674. The molecular formula is C6H14N2O2. The maximum absolute atomic E-state index is 10.0. The first-order valence-corrected chi connectivity index (χ1v) is 3.28. The summed E-state index contributed by atoms with van der Waals surface area (Å²) >= 11 is 0. The Morgan fingerprint density at radius 1 is 1.80 bits per heavy atom. The smallest absolute Gasteiger partial charge is 0.303 e. The zero-order valence-electron chi connectivity index (χ0n) is 6.13. The van der Waals surface area contributed by atoms with Crippen LogP contribution in [0.2, 0.25) is 0 Å². The Balaban J connectivity index is 3.21. The van der Waals surface area contributed by atoms with E-state index < -0.39 is 5.97 Å². The molecule has 0 amide bonds. The van der Waals surface area contributed by atoms with Crippen molar-refractivity contribution in [1.29, 1.82) is 0 Å². The van der Waals surface area contributed by atoms with Gasteiger partial charge in [-0.25, -0.2) is 0 Å². The molecule has 0 fully saturated rings. The van der Waals surface area contributed by atoms with Crippen molar-refractivity contribution >= 4 is 5.97 Å². The normalized spacial score (nSPS) is 13.0. The van der Waals surface area contributed by atoms with Gasteiger partial charge in [0, 0.05) is 19.0 Å². The van der Waals surface area contributed by atoms with Crippen LogP contribution in [0, 0.1) is 0 Å². The lowest BCUT2D eigenvalue weighted by atomic mass is 10.2. The van der Waals surface area contributed by atoms with Gasteiger partial charge in [-0.15, -0.1) is 0 Å². The Kier molecular flexibility index (Phi) is 4.88. The molecule has 1 unspecified atom stereocenters. The quantitative estimate of drug-likeness (QED) is 0.484. The number of nitrogens with two attached hydrogens (primary N) is 1. The Morgan fingerprint density at radius 2 is 2.40 bits per heavy atom. The maximum atomic E-state index is 10.0. The lowest BCUT2D eigenvalue weighted by molar-refractivity contribution is -0.137. The zero-order valence-corrected chi connectivity index (χ0v) is 6.13. The van der Waals surface area contributed by atoms with Gasteiger partial charge in [0.15, 0.2) is 0 Å². The SMILES string of the molecule is CNCC(N)CCC(=O)O. The standard InChI is InChI=1S/C6H14N2O2/c1-8-4-5(7)2-3-6(9)10/h5,8H,2-4,7H2,1H3,(H,9,10). The molecule has 60 valence electrons. The zero-order chi connectivity index (χ0) is 7.98. The first kappa shape index (κ1) is 9.39. The summed E-state index contributed by atoms with van der Waals surface area (Å²) in [6, 6.07) is -0.0406. The fraction of sp³-hybridized carbons (Fsp3) is 0.833. The number of hydrogen-bond acceptors (Lipinski definition) is 3. The molecule has 0 saturated heterocycles. The summed E-state index contributed by atoms with van der Waals surface area (Å²) in [7, 11) is 1.79. The third kappa shape index (κ3) is 5.53. The van der Waals surface area contributed by atoms with Gasteiger partial charge in [-0.05, 0) is 13.5 Å². The molecule has 0 aliphatic rings. The Labute approximate surface area is 60.4 Å². The second-order valence-corrected chi connectivity index (χ2v) is 2.25. The molecule has 0 aliphatic heterocycles. The predicted octanol–water partition coefficient (Wildman–Crippen LogP) is -0.602. The molecule has 0 radical (unpaired) electrons. The molecule has 1 atom stereocenters. The molecule has 4 heteroatoms. The first-order valence-electron chi connectivity index (χ1n) is 3.28. The van der Waals surface area contributed by atoms with E-state index in [2.05, 4.69) is 5.32 Å².